The van der Waals surface area contributed by atoms with Crippen molar-refractivity contribution in [1.82, 2.24) is 4.90 Å². The fraction of sp³-hybridized carbons (Fsp3) is 0.278. The van der Waals surface area contributed by atoms with Gasteiger partial charge >= 0.3 is 0 Å². The maximum absolute atomic E-state index is 13.8. The van der Waals surface area contributed by atoms with Crippen LogP contribution in [0.1, 0.15) is 23.6 Å². The van der Waals surface area contributed by atoms with Crippen molar-refractivity contribution < 1.29 is 8.78 Å². The number of benzene rings is 2. The molecule has 0 aliphatic rings. The minimum atomic E-state index is -0.358. The Morgan fingerprint density at radius 1 is 1.14 bits per heavy atom. The average Bonchev–Trinajstić information content (AvgIpc) is 2.50. The summed E-state index contributed by atoms with van der Waals surface area (Å²) in [4.78, 5) is 6.23. The third kappa shape index (κ3) is 3.91. The van der Waals surface area contributed by atoms with E-state index in [1.807, 2.05) is 25.8 Å². The average molecular weight is 302 g/mol. The van der Waals surface area contributed by atoms with Crippen molar-refractivity contribution in [3.8, 4) is 0 Å². The molecule has 22 heavy (non-hydrogen) atoms. The van der Waals surface area contributed by atoms with Gasteiger partial charge in [0.1, 0.15) is 11.6 Å². The zero-order valence-corrected chi connectivity index (χ0v) is 13.1. The van der Waals surface area contributed by atoms with Crippen molar-refractivity contribution in [3.05, 3.63) is 64.7 Å². The molecule has 0 aromatic heterocycles. The third-order valence-corrected chi connectivity index (χ3v) is 3.68. The Bertz CT molecular complexity index is 681. The van der Waals surface area contributed by atoms with Crippen LogP contribution >= 0.6 is 0 Å². The first kappa shape index (κ1) is 16.1. The van der Waals surface area contributed by atoms with Gasteiger partial charge in [-0.05, 0) is 48.7 Å². The first-order chi connectivity index (χ1) is 10.5. The van der Waals surface area contributed by atoms with E-state index in [1.54, 1.807) is 24.5 Å². The molecule has 2 nitrogen and oxygen atoms in total. The van der Waals surface area contributed by atoms with Gasteiger partial charge in [0.05, 0.1) is 12.0 Å². The van der Waals surface area contributed by atoms with Crippen LogP contribution < -0.4 is 0 Å². The van der Waals surface area contributed by atoms with Gasteiger partial charge in [0.2, 0.25) is 0 Å². The summed E-state index contributed by atoms with van der Waals surface area (Å²) in [5, 5.41) is 0. The third-order valence-electron chi connectivity index (χ3n) is 3.68. The van der Waals surface area contributed by atoms with Crippen molar-refractivity contribution in [3.63, 3.8) is 0 Å². The van der Waals surface area contributed by atoms with Gasteiger partial charge in [-0.2, -0.15) is 0 Å². The summed E-state index contributed by atoms with van der Waals surface area (Å²) < 4.78 is 27.6. The number of rotatable bonds is 5. The van der Waals surface area contributed by atoms with Gasteiger partial charge < -0.3 is 4.90 Å². The highest BCUT2D eigenvalue weighted by Crippen LogP contribution is 2.26. The van der Waals surface area contributed by atoms with E-state index in [0.717, 1.165) is 17.7 Å². The van der Waals surface area contributed by atoms with E-state index in [9.17, 15) is 8.78 Å². The summed E-state index contributed by atoms with van der Waals surface area (Å²) in [5.74, 6) is -0.634. The summed E-state index contributed by atoms with van der Waals surface area (Å²) in [6.45, 7) is 4.71. The van der Waals surface area contributed by atoms with Crippen molar-refractivity contribution in [1.29, 1.82) is 0 Å². The number of hydrogen-bond donors (Lipinski definition) is 0. The Balaban J connectivity index is 2.35. The monoisotopic (exact) mass is 302 g/mol. The van der Waals surface area contributed by atoms with E-state index >= 15 is 0 Å². The molecular formula is C18H20F2N2. The second kappa shape index (κ2) is 7.16. The molecule has 2 aromatic rings. The van der Waals surface area contributed by atoms with Crippen LogP contribution in [0.2, 0.25) is 0 Å². The lowest BCUT2D eigenvalue weighted by atomic mass is 9.99. The van der Waals surface area contributed by atoms with Gasteiger partial charge in [0.15, 0.2) is 0 Å². The maximum Gasteiger partial charge on any atom is 0.126 e. The molecule has 0 saturated carbocycles. The van der Waals surface area contributed by atoms with Crippen LogP contribution in [0.25, 0.3) is 0 Å². The molecule has 0 unspecified atom stereocenters. The van der Waals surface area contributed by atoms with Gasteiger partial charge in [-0.25, -0.2) is 13.8 Å². The standard InChI is InChI=1S/C18H20F2N2/c1-4-22(3)12-21-18-11-16(19)10-15(13(18)2)9-14-7-5-6-8-17(14)20/h5-8,10-12H,4,9H2,1-3H3/b21-12+. The van der Waals surface area contributed by atoms with Gasteiger partial charge in [-0.1, -0.05) is 18.2 Å². The Hall–Kier alpha value is -2.23. The largest absolute Gasteiger partial charge is 0.366 e. The quantitative estimate of drug-likeness (QED) is 0.587. The Morgan fingerprint density at radius 3 is 2.55 bits per heavy atom. The maximum atomic E-state index is 13.8. The Labute approximate surface area is 130 Å². The molecule has 4 heteroatoms. The molecule has 0 radical (unpaired) electrons. The minimum Gasteiger partial charge on any atom is -0.366 e. The van der Waals surface area contributed by atoms with Crippen LogP contribution in [0.15, 0.2) is 41.4 Å². The van der Waals surface area contributed by atoms with Crippen LogP contribution in [0.5, 0.6) is 0 Å². The predicted octanol–water partition coefficient (Wildman–Crippen LogP) is 4.48. The number of hydrogen-bond acceptors (Lipinski definition) is 1. The molecule has 0 aliphatic carbocycles. The van der Waals surface area contributed by atoms with Gasteiger partial charge in [0, 0.05) is 20.0 Å². The molecule has 0 heterocycles. The fourth-order valence-electron chi connectivity index (χ4n) is 2.13. The molecule has 0 spiro atoms. The molecular weight excluding hydrogens is 282 g/mol. The normalized spacial score (nSPS) is 11.1. The molecule has 0 amide bonds. The van der Waals surface area contributed by atoms with Crippen molar-refractivity contribution >= 4 is 12.0 Å². The summed E-state index contributed by atoms with van der Waals surface area (Å²) in [5.41, 5.74) is 2.74. The van der Waals surface area contributed by atoms with Crippen LogP contribution in [-0.2, 0) is 6.42 Å². The Kier molecular flexibility index (Phi) is 5.26. The van der Waals surface area contributed by atoms with Crippen LogP contribution in [-0.4, -0.2) is 24.8 Å². The minimum absolute atomic E-state index is 0.276. The zero-order chi connectivity index (χ0) is 16.1. The molecule has 0 aliphatic heterocycles. The molecule has 0 N–H and O–H groups in total. The second-order valence-electron chi connectivity index (χ2n) is 5.30. The van der Waals surface area contributed by atoms with Gasteiger partial charge in [0.25, 0.3) is 0 Å². The summed E-state index contributed by atoms with van der Waals surface area (Å²) in [6, 6.07) is 9.41. The van der Waals surface area contributed by atoms with Gasteiger partial charge in [-0.15, -0.1) is 0 Å². The number of aliphatic imine (C=N–C) groups is 1. The predicted molar refractivity (Wildman–Crippen MR) is 86.8 cm³/mol. The van der Waals surface area contributed by atoms with E-state index in [2.05, 4.69) is 4.99 Å². The summed E-state index contributed by atoms with van der Waals surface area (Å²) >= 11 is 0. The van der Waals surface area contributed by atoms with E-state index in [-0.39, 0.29) is 11.6 Å². The topological polar surface area (TPSA) is 15.6 Å². The van der Waals surface area contributed by atoms with Gasteiger partial charge in [-0.3, -0.25) is 0 Å². The number of nitrogens with zero attached hydrogens (tertiary/aromatic N) is 2. The fourth-order valence-corrected chi connectivity index (χ4v) is 2.13. The van der Waals surface area contributed by atoms with Crippen LogP contribution in [0.4, 0.5) is 14.5 Å². The zero-order valence-electron chi connectivity index (χ0n) is 13.1. The highest BCUT2D eigenvalue weighted by atomic mass is 19.1. The van der Waals surface area contributed by atoms with E-state index < -0.39 is 0 Å². The molecule has 0 bridgehead atoms. The van der Waals surface area contributed by atoms with E-state index in [4.69, 9.17) is 0 Å². The van der Waals surface area contributed by atoms with Crippen LogP contribution in [0.3, 0.4) is 0 Å². The first-order valence-corrected chi connectivity index (χ1v) is 7.28. The van der Waals surface area contributed by atoms with E-state index in [0.29, 0.717) is 17.7 Å². The molecule has 2 rings (SSSR count). The van der Waals surface area contributed by atoms with Crippen molar-refractivity contribution in [2.75, 3.05) is 13.6 Å². The molecule has 0 atom stereocenters. The molecule has 0 fully saturated rings. The van der Waals surface area contributed by atoms with Crippen molar-refractivity contribution in [2.45, 2.75) is 20.3 Å². The lowest BCUT2D eigenvalue weighted by Crippen LogP contribution is -2.14. The first-order valence-electron chi connectivity index (χ1n) is 7.28. The molecule has 2 aromatic carbocycles. The SMILES string of the molecule is CCN(C)/C=N/c1cc(F)cc(Cc2ccccc2F)c1C. The summed E-state index contributed by atoms with van der Waals surface area (Å²) in [6.07, 6.45) is 2.02. The van der Waals surface area contributed by atoms with E-state index in [1.165, 1.54) is 18.2 Å². The lowest BCUT2D eigenvalue weighted by Gasteiger charge is -2.12. The molecule has 0 saturated heterocycles. The van der Waals surface area contributed by atoms with Crippen LogP contribution in [0, 0.1) is 18.6 Å². The Morgan fingerprint density at radius 2 is 1.86 bits per heavy atom. The summed E-state index contributed by atoms with van der Waals surface area (Å²) in [7, 11) is 1.90. The highest BCUT2D eigenvalue weighted by molar-refractivity contribution is 5.64. The number of halogens is 2. The highest BCUT2D eigenvalue weighted by Gasteiger charge is 2.10. The smallest absolute Gasteiger partial charge is 0.126 e. The molecule has 116 valence electrons. The van der Waals surface area contributed by atoms with Crippen molar-refractivity contribution in [2.24, 2.45) is 4.99 Å². The second-order valence-corrected chi connectivity index (χ2v) is 5.30. The lowest BCUT2D eigenvalue weighted by molar-refractivity contribution is 0.552.